The van der Waals surface area contributed by atoms with E-state index in [0.717, 1.165) is 16.9 Å². The molecule has 1 atom stereocenters. The first-order chi connectivity index (χ1) is 16.1. The summed E-state index contributed by atoms with van der Waals surface area (Å²) in [7, 11) is 0. The third-order valence-electron chi connectivity index (χ3n) is 5.75. The standard InChI is InChI=1S/C24H25N3O6S/c1-5-17-7-9-19(34-17)33-21(29)26-24(10-11-31-14-24)20(28)25-16-6-8-18(15(2)12-16)27-22(30)32-13-23(27,3)4/h1,6-9,12H,10-11,13-14H2,2-4H3,(H,25,28)(H,26,29). The Kier molecular flexibility index (Phi) is 6.25. The van der Waals surface area contributed by atoms with Crippen molar-refractivity contribution in [1.82, 2.24) is 5.32 Å². The summed E-state index contributed by atoms with van der Waals surface area (Å²) >= 11 is 1.15. The number of cyclic esters (lactones) is 1. The zero-order valence-corrected chi connectivity index (χ0v) is 19.9. The molecule has 0 spiro atoms. The van der Waals surface area contributed by atoms with E-state index < -0.39 is 29.2 Å². The van der Waals surface area contributed by atoms with Gasteiger partial charge in [-0.15, -0.1) is 6.42 Å². The molecular formula is C24H25N3O6S. The zero-order valence-electron chi connectivity index (χ0n) is 19.1. The lowest BCUT2D eigenvalue weighted by atomic mass is 9.97. The molecule has 2 aliphatic heterocycles. The lowest BCUT2D eigenvalue weighted by Gasteiger charge is -2.30. The molecule has 178 valence electrons. The van der Waals surface area contributed by atoms with Gasteiger partial charge in [0.2, 0.25) is 0 Å². The number of carbonyl (C=O) groups is 3. The van der Waals surface area contributed by atoms with Crippen molar-refractivity contribution in [3.05, 3.63) is 40.8 Å². The van der Waals surface area contributed by atoms with Crippen molar-refractivity contribution in [2.24, 2.45) is 0 Å². The van der Waals surface area contributed by atoms with Crippen LogP contribution in [-0.4, -0.2) is 49.0 Å². The minimum absolute atomic E-state index is 0.0128. The van der Waals surface area contributed by atoms with Crippen LogP contribution in [0.3, 0.4) is 0 Å². The van der Waals surface area contributed by atoms with Crippen LogP contribution >= 0.6 is 11.3 Å². The van der Waals surface area contributed by atoms with Gasteiger partial charge in [-0.1, -0.05) is 17.3 Å². The number of nitrogens with one attached hydrogen (secondary N) is 2. The molecule has 0 radical (unpaired) electrons. The maximum atomic E-state index is 13.2. The third-order valence-corrected chi connectivity index (χ3v) is 6.64. The molecule has 4 rings (SSSR count). The van der Waals surface area contributed by atoms with Crippen molar-refractivity contribution in [3.63, 3.8) is 0 Å². The summed E-state index contributed by atoms with van der Waals surface area (Å²) in [5.74, 6) is 2.05. The summed E-state index contributed by atoms with van der Waals surface area (Å²) in [6.45, 7) is 6.32. The Labute approximate surface area is 201 Å². The number of thiophene rings is 1. The highest BCUT2D eigenvalue weighted by Crippen LogP contribution is 2.34. The lowest BCUT2D eigenvalue weighted by Crippen LogP contribution is -2.58. The Hall–Kier alpha value is -3.55. The topological polar surface area (TPSA) is 106 Å². The number of rotatable bonds is 5. The Morgan fingerprint density at radius 3 is 2.62 bits per heavy atom. The summed E-state index contributed by atoms with van der Waals surface area (Å²) in [6.07, 6.45) is 4.46. The molecule has 3 amide bonds. The third kappa shape index (κ3) is 4.58. The summed E-state index contributed by atoms with van der Waals surface area (Å²) in [6, 6.07) is 8.50. The first-order valence-corrected chi connectivity index (χ1v) is 11.5. The highest BCUT2D eigenvalue weighted by molar-refractivity contribution is 7.14. The van der Waals surface area contributed by atoms with Crippen LogP contribution in [0.25, 0.3) is 0 Å². The summed E-state index contributed by atoms with van der Waals surface area (Å²) < 4.78 is 15.9. The average molecular weight is 484 g/mol. The molecular weight excluding hydrogens is 458 g/mol. The molecule has 2 aromatic rings. The lowest BCUT2D eigenvalue weighted by molar-refractivity contribution is -0.122. The van der Waals surface area contributed by atoms with Crippen LogP contribution in [0.4, 0.5) is 21.0 Å². The Balaban J connectivity index is 1.47. The predicted octanol–water partition coefficient (Wildman–Crippen LogP) is 3.66. The normalized spacial score (nSPS) is 21.0. The maximum Gasteiger partial charge on any atom is 0.414 e. The van der Waals surface area contributed by atoms with Crippen LogP contribution in [0.5, 0.6) is 5.06 Å². The number of benzene rings is 1. The second-order valence-corrected chi connectivity index (χ2v) is 9.87. The van der Waals surface area contributed by atoms with Crippen molar-refractivity contribution in [2.45, 2.75) is 38.3 Å². The van der Waals surface area contributed by atoms with Crippen LogP contribution in [0.15, 0.2) is 30.3 Å². The zero-order chi connectivity index (χ0) is 24.5. The fourth-order valence-electron chi connectivity index (χ4n) is 3.94. The van der Waals surface area contributed by atoms with Crippen molar-refractivity contribution in [3.8, 4) is 17.4 Å². The monoisotopic (exact) mass is 483 g/mol. The first kappa shape index (κ1) is 23.6. The first-order valence-electron chi connectivity index (χ1n) is 10.7. The molecule has 2 fully saturated rings. The van der Waals surface area contributed by atoms with Gasteiger partial charge in [-0.3, -0.25) is 9.69 Å². The van der Waals surface area contributed by atoms with E-state index in [4.69, 9.17) is 20.6 Å². The highest BCUT2D eigenvalue weighted by atomic mass is 32.1. The van der Waals surface area contributed by atoms with Gasteiger partial charge in [0.1, 0.15) is 12.1 Å². The van der Waals surface area contributed by atoms with Gasteiger partial charge in [0, 0.05) is 18.7 Å². The van der Waals surface area contributed by atoms with E-state index in [1.165, 1.54) is 0 Å². The second-order valence-electron chi connectivity index (χ2n) is 8.82. The van der Waals surface area contributed by atoms with E-state index in [2.05, 4.69) is 16.6 Å². The Morgan fingerprint density at radius 2 is 2.03 bits per heavy atom. The number of nitrogens with zero attached hydrogens (tertiary/aromatic N) is 1. The number of anilines is 2. The number of hydrogen-bond acceptors (Lipinski definition) is 7. The molecule has 0 saturated carbocycles. The molecule has 1 unspecified atom stereocenters. The second kappa shape index (κ2) is 9.00. The quantitative estimate of drug-likeness (QED) is 0.629. The van der Waals surface area contributed by atoms with Crippen molar-refractivity contribution in [2.75, 3.05) is 30.0 Å². The van der Waals surface area contributed by atoms with Crippen LogP contribution in [0.2, 0.25) is 0 Å². The molecule has 3 heterocycles. The number of hydrogen-bond donors (Lipinski definition) is 2. The van der Waals surface area contributed by atoms with Crippen LogP contribution in [0.1, 0.15) is 30.7 Å². The number of terminal acetylenes is 1. The highest BCUT2D eigenvalue weighted by Gasteiger charge is 2.45. The van der Waals surface area contributed by atoms with E-state index in [0.29, 0.717) is 40.9 Å². The van der Waals surface area contributed by atoms with E-state index in [-0.39, 0.29) is 6.61 Å². The van der Waals surface area contributed by atoms with Gasteiger partial charge in [0.15, 0.2) is 5.06 Å². The number of aryl methyl sites for hydroxylation is 1. The molecule has 2 aliphatic rings. The van der Waals surface area contributed by atoms with E-state index in [9.17, 15) is 14.4 Å². The fraction of sp³-hybridized carbons (Fsp3) is 0.375. The van der Waals surface area contributed by atoms with Gasteiger partial charge in [-0.05, 0) is 56.7 Å². The maximum absolute atomic E-state index is 13.2. The average Bonchev–Trinajstić information content (AvgIpc) is 3.49. The van der Waals surface area contributed by atoms with E-state index in [1.54, 1.807) is 35.2 Å². The number of carbonyl (C=O) groups excluding carboxylic acids is 3. The SMILES string of the molecule is C#Cc1ccc(OC(=O)NC2(C(=O)Nc3ccc(N4C(=O)OCC4(C)C)c(C)c3)CCOC2)s1. The summed E-state index contributed by atoms with van der Waals surface area (Å²) in [4.78, 5) is 40.2. The van der Waals surface area contributed by atoms with Crippen molar-refractivity contribution < 1.29 is 28.6 Å². The molecule has 2 saturated heterocycles. The largest absolute Gasteiger partial charge is 0.447 e. The minimum atomic E-state index is -1.28. The molecule has 1 aromatic heterocycles. The molecule has 34 heavy (non-hydrogen) atoms. The van der Waals surface area contributed by atoms with Crippen molar-refractivity contribution in [1.29, 1.82) is 0 Å². The molecule has 2 N–H and O–H groups in total. The minimum Gasteiger partial charge on any atom is -0.447 e. The van der Waals surface area contributed by atoms with Gasteiger partial charge in [-0.2, -0.15) is 0 Å². The van der Waals surface area contributed by atoms with Crippen LogP contribution in [-0.2, 0) is 14.3 Å². The smallest absolute Gasteiger partial charge is 0.414 e. The van der Waals surface area contributed by atoms with Gasteiger partial charge in [-0.25, -0.2) is 9.59 Å². The van der Waals surface area contributed by atoms with Gasteiger partial charge >= 0.3 is 12.2 Å². The molecule has 0 bridgehead atoms. The van der Waals surface area contributed by atoms with Gasteiger partial charge in [0.05, 0.1) is 22.7 Å². The summed E-state index contributed by atoms with van der Waals surface area (Å²) in [5.41, 5.74) is 0.252. The number of ether oxygens (including phenoxy) is 3. The predicted molar refractivity (Wildman–Crippen MR) is 127 cm³/mol. The van der Waals surface area contributed by atoms with E-state index >= 15 is 0 Å². The summed E-state index contributed by atoms with van der Waals surface area (Å²) in [5, 5.41) is 5.84. The van der Waals surface area contributed by atoms with Crippen LogP contribution in [0, 0.1) is 19.3 Å². The van der Waals surface area contributed by atoms with Crippen LogP contribution < -0.4 is 20.3 Å². The van der Waals surface area contributed by atoms with Gasteiger partial charge < -0.3 is 24.8 Å². The molecule has 0 aliphatic carbocycles. The van der Waals surface area contributed by atoms with Gasteiger partial charge in [0.25, 0.3) is 5.91 Å². The van der Waals surface area contributed by atoms with E-state index in [1.807, 2.05) is 20.8 Å². The molecule has 10 heteroatoms. The Bertz CT molecular complexity index is 1180. The number of amides is 3. The molecule has 9 nitrogen and oxygen atoms in total. The Morgan fingerprint density at radius 1 is 1.24 bits per heavy atom. The fourth-order valence-corrected chi connectivity index (χ4v) is 4.60. The molecule has 1 aromatic carbocycles. The van der Waals surface area contributed by atoms with Crippen molar-refractivity contribution >= 4 is 40.8 Å².